The molecule has 16 heavy (non-hydrogen) atoms. The molecule has 0 bridgehead atoms. The molecule has 0 atom stereocenters. The number of nitrogens with one attached hydrogen (secondary N) is 1. The molecule has 0 unspecified atom stereocenters. The van der Waals surface area contributed by atoms with Gasteiger partial charge in [-0.2, -0.15) is 0 Å². The SMILES string of the molecule is Nc1ccc(Br)c(C(=O)NCCC2CC2)c1. The third-order valence-corrected chi connectivity index (χ3v) is 3.46. The summed E-state index contributed by atoms with van der Waals surface area (Å²) in [4.78, 5) is 11.8. The lowest BCUT2D eigenvalue weighted by Gasteiger charge is -2.07. The zero-order valence-electron chi connectivity index (χ0n) is 9.00. The fraction of sp³-hybridized carbons (Fsp3) is 0.417. The van der Waals surface area contributed by atoms with Crippen LogP contribution in [0.25, 0.3) is 0 Å². The molecule has 0 radical (unpaired) electrons. The smallest absolute Gasteiger partial charge is 0.252 e. The van der Waals surface area contributed by atoms with E-state index in [1.165, 1.54) is 12.8 Å². The highest BCUT2D eigenvalue weighted by atomic mass is 79.9. The normalized spacial score (nSPS) is 14.8. The van der Waals surface area contributed by atoms with Crippen molar-refractivity contribution < 1.29 is 4.79 Å². The van der Waals surface area contributed by atoms with Crippen LogP contribution in [-0.4, -0.2) is 12.5 Å². The number of nitrogen functional groups attached to an aromatic ring is 1. The van der Waals surface area contributed by atoms with E-state index in [0.29, 0.717) is 11.3 Å². The average Bonchev–Trinajstić information content (AvgIpc) is 3.05. The summed E-state index contributed by atoms with van der Waals surface area (Å²) in [6.45, 7) is 0.755. The Morgan fingerprint density at radius 3 is 2.94 bits per heavy atom. The lowest BCUT2D eigenvalue weighted by molar-refractivity contribution is 0.0952. The van der Waals surface area contributed by atoms with Gasteiger partial charge < -0.3 is 11.1 Å². The van der Waals surface area contributed by atoms with Gasteiger partial charge in [-0.25, -0.2) is 0 Å². The van der Waals surface area contributed by atoms with Gasteiger partial charge in [0.15, 0.2) is 0 Å². The Morgan fingerprint density at radius 2 is 2.25 bits per heavy atom. The Labute approximate surface area is 104 Å². The molecule has 0 spiro atoms. The molecule has 0 aliphatic heterocycles. The van der Waals surface area contributed by atoms with Crippen LogP contribution in [0.15, 0.2) is 22.7 Å². The zero-order valence-corrected chi connectivity index (χ0v) is 10.6. The molecule has 4 heteroatoms. The highest BCUT2D eigenvalue weighted by molar-refractivity contribution is 9.10. The van der Waals surface area contributed by atoms with Gasteiger partial charge in [0.2, 0.25) is 0 Å². The van der Waals surface area contributed by atoms with Gasteiger partial charge in [0.05, 0.1) is 5.56 Å². The number of benzene rings is 1. The summed E-state index contributed by atoms with van der Waals surface area (Å²) in [6.07, 6.45) is 3.72. The summed E-state index contributed by atoms with van der Waals surface area (Å²) < 4.78 is 0.783. The Kier molecular flexibility index (Phi) is 3.49. The topological polar surface area (TPSA) is 55.1 Å². The maximum absolute atomic E-state index is 11.8. The highest BCUT2D eigenvalue weighted by Crippen LogP contribution is 2.31. The second-order valence-electron chi connectivity index (χ2n) is 4.23. The predicted octanol–water partition coefficient (Wildman–Crippen LogP) is 2.56. The van der Waals surface area contributed by atoms with Crippen molar-refractivity contribution in [1.29, 1.82) is 0 Å². The van der Waals surface area contributed by atoms with Crippen LogP contribution in [0.3, 0.4) is 0 Å². The number of amides is 1. The number of hydrogen-bond acceptors (Lipinski definition) is 2. The highest BCUT2D eigenvalue weighted by Gasteiger charge is 2.20. The van der Waals surface area contributed by atoms with Crippen molar-refractivity contribution in [1.82, 2.24) is 5.32 Å². The van der Waals surface area contributed by atoms with Gasteiger partial charge in [-0.05, 0) is 46.5 Å². The minimum absolute atomic E-state index is 0.0557. The van der Waals surface area contributed by atoms with Crippen LogP contribution in [0.2, 0.25) is 0 Å². The van der Waals surface area contributed by atoms with E-state index in [0.717, 1.165) is 23.4 Å². The third-order valence-electron chi connectivity index (χ3n) is 2.77. The molecule has 1 aromatic carbocycles. The number of halogens is 1. The van der Waals surface area contributed by atoms with E-state index in [4.69, 9.17) is 5.73 Å². The minimum atomic E-state index is -0.0557. The van der Waals surface area contributed by atoms with E-state index < -0.39 is 0 Å². The number of carbonyl (C=O) groups is 1. The van der Waals surface area contributed by atoms with Gasteiger partial charge >= 0.3 is 0 Å². The summed E-state index contributed by atoms with van der Waals surface area (Å²) in [5.41, 5.74) is 6.87. The molecule has 3 nitrogen and oxygen atoms in total. The van der Waals surface area contributed by atoms with Gasteiger partial charge in [-0.15, -0.1) is 0 Å². The molecule has 1 aliphatic rings. The van der Waals surface area contributed by atoms with Crippen molar-refractivity contribution in [2.24, 2.45) is 5.92 Å². The number of nitrogens with two attached hydrogens (primary N) is 1. The van der Waals surface area contributed by atoms with Crippen LogP contribution in [0.4, 0.5) is 5.69 Å². The molecule has 1 aliphatic carbocycles. The first-order chi connectivity index (χ1) is 7.66. The minimum Gasteiger partial charge on any atom is -0.399 e. The van der Waals surface area contributed by atoms with Crippen LogP contribution in [-0.2, 0) is 0 Å². The average molecular weight is 283 g/mol. The van der Waals surface area contributed by atoms with Gasteiger partial charge in [0, 0.05) is 16.7 Å². The van der Waals surface area contributed by atoms with Crippen LogP contribution >= 0.6 is 15.9 Å². The first-order valence-electron chi connectivity index (χ1n) is 5.50. The molecule has 1 fully saturated rings. The summed E-state index contributed by atoms with van der Waals surface area (Å²) in [5, 5.41) is 2.91. The van der Waals surface area contributed by atoms with E-state index in [1.54, 1.807) is 18.2 Å². The molecule has 86 valence electrons. The van der Waals surface area contributed by atoms with Crippen molar-refractivity contribution in [2.75, 3.05) is 12.3 Å². The summed E-state index contributed by atoms with van der Waals surface area (Å²) >= 11 is 3.35. The first-order valence-corrected chi connectivity index (χ1v) is 6.29. The fourth-order valence-corrected chi connectivity index (χ4v) is 2.04. The first kappa shape index (κ1) is 11.5. The van der Waals surface area contributed by atoms with Crippen molar-refractivity contribution >= 4 is 27.5 Å². The maximum Gasteiger partial charge on any atom is 0.252 e. The van der Waals surface area contributed by atoms with E-state index >= 15 is 0 Å². The molecule has 0 aromatic heterocycles. The number of hydrogen-bond donors (Lipinski definition) is 2. The van der Waals surface area contributed by atoms with Crippen LogP contribution in [0.1, 0.15) is 29.6 Å². The molecule has 0 saturated heterocycles. The van der Waals surface area contributed by atoms with Crippen LogP contribution < -0.4 is 11.1 Å². The largest absolute Gasteiger partial charge is 0.399 e. The zero-order chi connectivity index (χ0) is 11.5. The van der Waals surface area contributed by atoms with Crippen LogP contribution in [0.5, 0.6) is 0 Å². The summed E-state index contributed by atoms with van der Waals surface area (Å²) in [7, 11) is 0. The molecule has 0 heterocycles. The van der Waals surface area contributed by atoms with Crippen molar-refractivity contribution in [3.05, 3.63) is 28.2 Å². The lowest BCUT2D eigenvalue weighted by Crippen LogP contribution is -2.25. The number of carbonyl (C=O) groups excluding carboxylic acids is 1. The van der Waals surface area contributed by atoms with E-state index in [1.807, 2.05) is 0 Å². The van der Waals surface area contributed by atoms with E-state index in [2.05, 4.69) is 21.2 Å². The molecule has 3 N–H and O–H groups in total. The quantitative estimate of drug-likeness (QED) is 0.834. The second kappa shape index (κ2) is 4.87. The number of rotatable bonds is 4. The molecular weight excluding hydrogens is 268 g/mol. The van der Waals surface area contributed by atoms with Crippen LogP contribution in [0, 0.1) is 5.92 Å². The van der Waals surface area contributed by atoms with Gasteiger partial charge in [-0.1, -0.05) is 12.8 Å². The monoisotopic (exact) mass is 282 g/mol. The fourth-order valence-electron chi connectivity index (χ4n) is 1.61. The van der Waals surface area contributed by atoms with E-state index in [-0.39, 0.29) is 5.91 Å². The molecular formula is C12H15BrN2O. The second-order valence-corrected chi connectivity index (χ2v) is 5.08. The van der Waals surface area contributed by atoms with Crippen molar-refractivity contribution in [3.63, 3.8) is 0 Å². The van der Waals surface area contributed by atoms with Gasteiger partial charge in [-0.3, -0.25) is 4.79 Å². The molecule has 1 aromatic rings. The lowest BCUT2D eigenvalue weighted by atomic mass is 10.2. The van der Waals surface area contributed by atoms with Gasteiger partial charge in [0.1, 0.15) is 0 Å². The Morgan fingerprint density at radius 1 is 1.50 bits per heavy atom. The number of anilines is 1. The molecule has 1 saturated carbocycles. The van der Waals surface area contributed by atoms with Crippen molar-refractivity contribution in [3.8, 4) is 0 Å². The predicted molar refractivity (Wildman–Crippen MR) is 68.2 cm³/mol. The van der Waals surface area contributed by atoms with Crippen molar-refractivity contribution in [2.45, 2.75) is 19.3 Å². The molecule has 2 rings (SSSR count). The van der Waals surface area contributed by atoms with E-state index in [9.17, 15) is 4.79 Å². The third kappa shape index (κ3) is 2.98. The summed E-state index contributed by atoms with van der Waals surface area (Å²) in [6, 6.07) is 5.26. The molecule has 1 amide bonds. The maximum atomic E-state index is 11.8. The Bertz CT molecular complexity index is 402. The van der Waals surface area contributed by atoms with Gasteiger partial charge in [0.25, 0.3) is 5.91 Å². The Hall–Kier alpha value is -1.03. The summed E-state index contributed by atoms with van der Waals surface area (Å²) in [5.74, 6) is 0.782. The Balaban J connectivity index is 1.93. The standard InChI is InChI=1S/C12H15BrN2O/c13-11-4-3-9(14)7-10(11)12(16)15-6-5-8-1-2-8/h3-4,7-8H,1-2,5-6,14H2,(H,15,16).